The summed E-state index contributed by atoms with van der Waals surface area (Å²) >= 11 is 0. The fourth-order valence-electron chi connectivity index (χ4n) is 4.46. The topological polar surface area (TPSA) is 164 Å². The van der Waals surface area contributed by atoms with Gasteiger partial charge in [0.2, 0.25) is 0 Å². The van der Waals surface area contributed by atoms with Crippen molar-refractivity contribution in [3.63, 3.8) is 0 Å². The predicted octanol–water partition coefficient (Wildman–Crippen LogP) is 2.98. The maximum absolute atomic E-state index is 10.6. The Morgan fingerprint density at radius 1 is 0.763 bits per heavy atom. The van der Waals surface area contributed by atoms with Crippen molar-refractivity contribution in [2.75, 3.05) is 26.4 Å². The first-order valence-electron chi connectivity index (χ1n) is 13.0. The molecule has 2 unspecified atom stereocenters. The van der Waals surface area contributed by atoms with Gasteiger partial charge in [0.05, 0.1) is 13.2 Å². The van der Waals surface area contributed by atoms with Crippen molar-refractivity contribution in [1.29, 1.82) is 0 Å². The van der Waals surface area contributed by atoms with Gasteiger partial charge in [0.15, 0.2) is 24.7 Å². The molecular weight excluding hydrogens is 492 g/mol. The molecule has 2 aromatic carbocycles. The molecule has 10 nitrogen and oxygen atoms in total. The second-order valence-electron chi connectivity index (χ2n) is 8.66. The standard InChI is InChI=1S/2C13H17NO4.C2H6/c1-2-17-10-4-8-3-9(14)5-11(8)12(6-10)18-7-13(15)16;1-2-17-11-4-3-8-5-9(14)6-10(8)13(11)18-7-12(15)16;1-2/h4,6,9H,2-3,5,7,14H2,1H3,(H,15,16);3-4,9H,2,5-7,14H2,1H3,(H,15,16);1-2H3. The van der Waals surface area contributed by atoms with Crippen LogP contribution in [0.15, 0.2) is 24.3 Å². The van der Waals surface area contributed by atoms with E-state index in [1.165, 1.54) is 0 Å². The lowest BCUT2D eigenvalue weighted by molar-refractivity contribution is -0.140. The Morgan fingerprint density at radius 3 is 1.95 bits per heavy atom. The van der Waals surface area contributed by atoms with Crippen LogP contribution >= 0.6 is 0 Å². The van der Waals surface area contributed by atoms with Crippen LogP contribution in [-0.2, 0) is 35.3 Å². The average molecular weight is 533 g/mol. The molecule has 10 heteroatoms. The second-order valence-corrected chi connectivity index (χ2v) is 8.66. The van der Waals surface area contributed by atoms with Crippen molar-refractivity contribution in [3.8, 4) is 23.0 Å². The molecule has 0 aliphatic heterocycles. The van der Waals surface area contributed by atoms with Crippen molar-refractivity contribution >= 4 is 11.9 Å². The van der Waals surface area contributed by atoms with Crippen LogP contribution in [-0.4, -0.2) is 60.7 Å². The number of carbonyl (C=O) groups is 2. The molecule has 0 amide bonds. The third-order valence-electron chi connectivity index (χ3n) is 5.80. The molecule has 2 aliphatic rings. The van der Waals surface area contributed by atoms with Crippen molar-refractivity contribution in [1.82, 2.24) is 0 Å². The lowest BCUT2D eigenvalue weighted by Crippen LogP contribution is -2.19. The number of aliphatic carboxylic acids is 2. The van der Waals surface area contributed by atoms with E-state index in [1.807, 2.05) is 45.9 Å². The molecule has 0 saturated carbocycles. The van der Waals surface area contributed by atoms with E-state index in [9.17, 15) is 9.59 Å². The Kier molecular flexibility index (Phi) is 12.2. The van der Waals surface area contributed by atoms with Gasteiger partial charge in [0.1, 0.15) is 11.5 Å². The van der Waals surface area contributed by atoms with Crippen LogP contribution in [0.4, 0.5) is 0 Å². The van der Waals surface area contributed by atoms with E-state index in [-0.39, 0.29) is 25.3 Å². The molecule has 0 heterocycles. The van der Waals surface area contributed by atoms with Crippen molar-refractivity contribution in [2.45, 2.75) is 65.5 Å². The highest BCUT2D eigenvalue weighted by Crippen LogP contribution is 2.38. The molecule has 0 bridgehead atoms. The van der Waals surface area contributed by atoms with Crippen LogP contribution in [0.3, 0.4) is 0 Å². The average Bonchev–Trinajstić information content (AvgIpc) is 3.44. The molecule has 2 aliphatic carbocycles. The van der Waals surface area contributed by atoms with E-state index in [0.29, 0.717) is 42.6 Å². The fraction of sp³-hybridized carbons (Fsp3) is 0.500. The summed E-state index contributed by atoms with van der Waals surface area (Å²) in [5.41, 5.74) is 16.0. The minimum atomic E-state index is -1.00. The van der Waals surface area contributed by atoms with Crippen LogP contribution < -0.4 is 30.4 Å². The first kappa shape index (κ1) is 30.7. The molecule has 6 N–H and O–H groups in total. The van der Waals surface area contributed by atoms with Gasteiger partial charge < -0.3 is 40.6 Å². The largest absolute Gasteiger partial charge is 0.494 e. The number of carboxylic acids is 2. The molecule has 2 aromatic rings. The molecular formula is C28H40N2O8. The Labute approximate surface area is 223 Å². The molecule has 0 spiro atoms. The number of ether oxygens (including phenoxy) is 4. The normalized spacial score (nSPS) is 16.6. The Hall–Kier alpha value is -3.50. The third kappa shape index (κ3) is 8.53. The highest BCUT2D eigenvalue weighted by atomic mass is 16.5. The van der Waals surface area contributed by atoms with Crippen molar-refractivity contribution < 1.29 is 38.7 Å². The molecule has 4 rings (SSSR count). The number of fused-ring (bicyclic) bond motifs is 2. The number of nitrogens with two attached hydrogens (primary N) is 2. The van der Waals surface area contributed by atoms with Gasteiger partial charge in [0, 0.05) is 23.7 Å². The van der Waals surface area contributed by atoms with Crippen molar-refractivity contribution in [3.05, 3.63) is 46.5 Å². The smallest absolute Gasteiger partial charge is 0.341 e. The van der Waals surface area contributed by atoms with E-state index in [0.717, 1.165) is 41.5 Å². The fourth-order valence-corrected chi connectivity index (χ4v) is 4.46. The lowest BCUT2D eigenvalue weighted by Gasteiger charge is -2.14. The number of hydrogen-bond acceptors (Lipinski definition) is 8. The highest BCUT2D eigenvalue weighted by Gasteiger charge is 2.25. The summed E-state index contributed by atoms with van der Waals surface area (Å²) in [5.74, 6) is 0.401. The van der Waals surface area contributed by atoms with Crippen LogP contribution in [0, 0.1) is 0 Å². The van der Waals surface area contributed by atoms with Crippen LogP contribution in [0.25, 0.3) is 0 Å². The Bertz CT molecular complexity index is 1090. The van der Waals surface area contributed by atoms with Gasteiger partial charge in [-0.2, -0.15) is 0 Å². The maximum Gasteiger partial charge on any atom is 0.341 e. The van der Waals surface area contributed by atoms with E-state index in [1.54, 1.807) is 6.07 Å². The Balaban J connectivity index is 0.000000251. The maximum atomic E-state index is 10.6. The van der Waals surface area contributed by atoms with Crippen molar-refractivity contribution in [2.24, 2.45) is 11.5 Å². The van der Waals surface area contributed by atoms with Gasteiger partial charge in [-0.25, -0.2) is 9.59 Å². The SMILES string of the molecule is CC.CCOc1cc2c(c(OCC(=O)O)c1)CC(N)C2.CCOc1ccc2c(c1OCC(=O)O)CC(N)C2. The zero-order valence-corrected chi connectivity index (χ0v) is 22.6. The van der Waals surface area contributed by atoms with Gasteiger partial charge in [-0.15, -0.1) is 0 Å². The molecule has 210 valence electrons. The van der Waals surface area contributed by atoms with E-state index >= 15 is 0 Å². The lowest BCUT2D eigenvalue weighted by atomic mass is 10.1. The van der Waals surface area contributed by atoms with Gasteiger partial charge in [-0.1, -0.05) is 19.9 Å². The summed E-state index contributed by atoms with van der Waals surface area (Å²) in [4.78, 5) is 21.2. The molecule has 38 heavy (non-hydrogen) atoms. The first-order valence-corrected chi connectivity index (χ1v) is 13.0. The van der Waals surface area contributed by atoms with Gasteiger partial charge in [-0.05, 0) is 68.4 Å². The van der Waals surface area contributed by atoms with E-state index < -0.39 is 11.9 Å². The van der Waals surface area contributed by atoms with Crippen LogP contribution in [0.2, 0.25) is 0 Å². The zero-order chi connectivity index (χ0) is 28.2. The van der Waals surface area contributed by atoms with Gasteiger partial charge >= 0.3 is 11.9 Å². The minimum absolute atomic E-state index is 0.0732. The summed E-state index contributed by atoms with van der Waals surface area (Å²) in [6.45, 7) is 8.12. The Morgan fingerprint density at radius 2 is 1.34 bits per heavy atom. The molecule has 0 radical (unpaired) electrons. The highest BCUT2D eigenvalue weighted by molar-refractivity contribution is 5.69. The number of rotatable bonds is 10. The number of benzene rings is 2. The summed E-state index contributed by atoms with van der Waals surface area (Å²) < 4.78 is 21.6. The molecule has 0 saturated heterocycles. The second kappa shape index (κ2) is 15.0. The monoisotopic (exact) mass is 532 g/mol. The van der Waals surface area contributed by atoms with Crippen LogP contribution in [0.1, 0.15) is 49.9 Å². The summed E-state index contributed by atoms with van der Waals surface area (Å²) in [5, 5.41) is 17.4. The first-order chi connectivity index (χ1) is 18.2. The molecule has 0 fully saturated rings. The third-order valence-corrected chi connectivity index (χ3v) is 5.80. The zero-order valence-electron chi connectivity index (χ0n) is 22.6. The van der Waals surface area contributed by atoms with Gasteiger partial charge in [0.25, 0.3) is 0 Å². The number of hydrogen-bond donors (Lipinski definition) is 4. The minimum Gasteiger partial charge on any atom is -0.494 e. The quantitative estimate of drug-likeness (QED) is 0.358. The predicted molar refractivity (Wildman–Crippen MR) is 144 cm³/mol. The summed E-state index contributed by atoms with van der Waals surface area (Å²) in [7, 11) is 0. The van der Waals surface area contributed by atoms with Crippen LogP contribution in [0.5, 0.6) is 23.0 Å². The van der Waals surface area contributed by atoms with E-state index in [2.05, 4.69) is 0 Å². The summed E-state index contributed by atoms with van der Waals surface area (Å²) in [6.07, 6.45) is 2.99. The van der Waals surface area contributed by atoms with E-state index in [4.69, 9.17) is 40.6 Å². The van der Waals surface area contributed by atoms with Gasteiger partial charge in [-0.3, -0.25) is 0 Å². The number of carboxylic acid groups (broad SMARTS) is 2. The molecule has 0 aromatic heterocycles. The molecule has 2 atom stereocenters. The summed E-state index contributed by atoms with van der Waals surface area (Å²) in [6, 6.07) is 7.63.